The summed E-state index contributed by atoms with van der Waals surface area (Å²) < 4.78 is 13.9. The predicted octanol–water partition coefficient (Wildman–Crippen LogP) is 3.37. The number of hydrogen-bond donors (Lipinski definition) is 2. The number of halogens is 2. The lowest BCUT2D eigenvalue weighted by atomic mass is 10.1. The topological polar surface area (TPSA) is 50.9 Å². The van der Waals surface area contributed by atoms with Crippen molar-refractivity contribution in [2.75, 3.05) is 5.43 Å². The molecule has 3 nitrogen and oxygen atoms in total. The number of aromatic nitrogens is 1. The van der Waals surface area contributed by atoms with E-state index in [9.17, 15) is 4.39 Å². The normalized spacial score (nSPS) is 10.8. The van der Waals surface area contributed by atoms with Crippen LogP contribution in [0.1, 0.15) is 19.0 Å². The van der Waals surface area contributed by atoms with Gasteiger partial charge in [0, 0.05) is 17.1 Å². The molecule has 1 aromatic carbocycles. The van der Waals surface area contributed by atoms with Crippen molar-refractivity contribution in [3.8, 4) is 0 Å². The van der Waals surface area contributed by atoms with Crippen LogP contribution in [0.4, 0.5) is 10.1 Å². The second kappa shape index (κ2) is 4.98. The van der Waals surface area contributed by atoms with Gasteiger partial charge in [-0.3, -0.25) is 10.8 Å². The molecule has 1 heterocycles. The molecule has 0 amide bonds. The van der Waals surface area contributed by atoms with Gasteiger partial charge < -0.3 is 5.43 Å². The second-order valence-electron chi connectivity index (χ2n) is 3.84. The molecule has 0 saturated heterocycles. The smallest absolute Gasteiger partial charge is 0.139 e. The van der Waals surface area contributed by atoms with E-state index < -0.39 is 0 Å². The molecule has 5 heteroatoms. The minimum atomic E-state index is -0.318. The molecule has 0 aliphatic heterocycles. The number of nitrogen functional groups attached to an aromatic ring is 1. The molecular weight excluding hydrogens is 285 g/mol. The second-order valence-corrected chi connectivity index (χ2v) is 4.69. The van der Waals surface area contributed by atoms with Crippen LogP contribution in [0.25, 0.3) is 10.9 Å². The molecule has 0 atom stereocenters. The molecule has 0 fully saturated rings. The Morgan fingerprint density at radius 2 is 2.18 bits per heavy atom. The molecular formula is C12H13BrFN3. The Morgan fingerprint density at radius 3 is 2.82 bits per heavy atom. The number of nitrogens with zero attached hydrogens (tertiary/aromatic N) is 1. The first kappa shape index (κ1) is 12.3. The predicted molar refractivity (Wildman–Crippen MR) is 71.2 cm³/mol. The molecule has 17 heavy (non-hydrogen) atoms. The third-order valence-corrected chi connectivity index (χ3v) is 3.17. The molecule has 2 aromatic rings. The summed E-state index contributed by atoms with van der Waals surface area (Å²) in [5, 5.41) is 0.806. The molecule has 0 aliphatic rings. The van der Waals surface area contributed by atoms with Crippen LogP contribution in [-0.2, 0) is 6.42 Å². The van der Waals surface area contributed by atoms with E-state index in [4.69, 9.17) is 5.84 Å². The maximum absolute atomic E-state index is 13.5. The maximum Gasteiger partial charge on any atom is 0.139 e. The zero-order valence-corrected chi connectivity index (χ0v) is 11.0. The fraction of sp³-hybridized carbons (Fsp3) is 0.250. The van der Waals surface area contributed by atoms with Crippen molar-refractivity contribution in [2.24, 2.45) is 5.84 Å². The van der Waals surface area contributed by atoms with Gasteiger partial charge in [-0.15, -0.1) is 0 Å². The summed E-state index contributed by atoms with van der Waals surface area (Å²) in [7, 11) is 0. The van der Waals surface area contributed by atoms with Crippen molar-refractivity contribution in [2.45, 2.75) is 19.8 Å². The summed E-state index contributed by atoms with van der Waals surface area (Å²) in [6.45, 7) is 2.07. The van der Waals surface area contributed by atoms with Crippen LogP contribution in [0.15, 0.2) is 22.7 Å². The Bertz CT molecular complexity index is 557. The molecule has 2 rings (SSSR count). The summed E-state index contributed by atoms with van der Waals surface area (Å²) in [5.74, 6) is 5.16. The summed E-state index contributed by atoms with van der Waals surface area (Å²) in [4.78, 5) is 4.42. The minimum absolute atomic E-state index is 0.318. The van der Waals surface area contributed by atoms with Crippen molar-refractivity contribution >= 4 is 32.5 Å². The van der Waals surface area contributed by atoms with Gasteiger partial charge >= 0.3 is 0 Å². The molecule has 0 unspecified atom stereocenters. The molecule has 0 spiro atoms. The van der Waals surface area contributed by atoms with Crippen molar-refractivity contribution in [3.63, 3.8) is 0 Å². The summed E-state index contributed by atoms with van der Waals surface area (Å²) in [6.07, 6.45) is 1.84. The quantitative estimate of drug-likeness (QED) is 0.674. The molecule has 0 radical (unpaired) electrons. The summed E-state index contributed by atoms with van der Waals surface area (Å²) >= 11 is 3.16. The number of anilines is 1. The number of nitrogens with two attached hydrogens (primary N) is 1. The number of hydrazine groups is 1. The number of nitrogens with one attached hydrogen (secondary N) is 1. The first-order chi connectivity index (χ1) is 8.15. The number of benzene rings is 1. The Balaban J connectivity index is 2.68. The van der Waals surface area contributed by atoms with Crippen LogP contribution in [0.5, 0.6) is 0 Å². The first-order valence-electron chi connectivity index (χ1n) is 5.41. The van der Waals surface area contributed by atoms with Crippen molar-refractivity contribution in [1.29, 1.82) is 0 Å². The third-order valence-electron chi connectivity index (χ3n) is 2.57. The molecule has 90 valence electrons. The van der Waals surface area contributed by atoms with Crippen LogP contribution in [0.2, 0.25) is 0 Å². The molecule has 3 N–H and O–H groups in total. The molecule has 1 aromatic heterocycles. The van der Waals surface area contributed by atoms with Gasteiger partial charge in [0.1, 0.15) is 5.82 Å². The lowest BCUT2D eigenvalue weighted by Gasteiger charge is -2.09. The van der Waals surface area contributed by atoms with Gasteiger partial charge in [-0.05, 0) is 34.5 Å². The third kappa shape index (κ3) is 2.40. The van der Waals surface area contributed by atoms with E-state index in [2.05, 4.69) is 33.3 Å². The van der Waals surface area contributed by atoms with Gasteiger partial charge in [-0.1, -0.05) is 13.3 Å². The maximum atomic E-state index is 13.5. The summed E-state index contributed by atoms with van der Waals surface area (Å²) in [6, 6.07) is 5.00. The average Bonchev–Trinajstić information content (AvgIpc) is 2.31. The molecule has 0 bridgehead atoms. The van der Waals surface area contributed by atoms with Crippen molar-refractivity contribution in [3.05, 3.63) is 34.2 Å². The van der Waals surface area contributed by atoms with Crippen molar-refractivity contribution < 1.29 is 4.39 Å². The van der Waals surface area contributed by atoms with Gasteiger partial charge in [0.25, 0.3) is 0 Å². The number of pyridine rings is 1. The zero-order valence-electron chi connectivity index (χ0n) is 9.43. The largest absolute Gasteiger partial charge is 0.323 e. The highest BCUT2D eigenvalue weighted by Crippen LogP contribution is 2.28. The van der Waals surface area contributed by atoms with Gasteiger partial charge in [0.2, 0.25) is 0 Å². The van der Waals surface area contributed by atoms with E-state index in [0.29, 0.717) is 9.99 Å². The van der Waals surface area contributed by atoms with Crippen LogP contribution in [-0.4, -0.2) is 4.98 Å². The number of rotatable bonds is 3. The van der Waals surface area contributed by atoms with E-state index >= 15 is 0 Å². The Morgan fingerprint density at radius 1 is 1.41 bits per heavy atom. The van der Waals surface area contributed by atoms with Gasteiger partial charge in [0.15, 0.2) is 0 Å². The van der Waals surface area contributed by atoms with Crippen LogP contribution < -0.4 is 11.3 Å². The minimum Gasteiger partial charge on any atom is -0.323 e. The van der Waals surface area contributed by atoms with E-state index in [0.717, 1.165) is 29.6 Å². The molecule has 0 saturated carbocycles. The van der Waals surface area contributed by atoms with Crippen molar-refractivity contribution in [1.82, 2.24) is 4.98 Å². The van der Waals surface area contributed by atoms with Crippen LogP contribution >= 0.6 is 15.9 Å². The fourth-order valence-corrected chi connectivity index (χ4v) is 2.12. The average molecular weight is 298 g/mol. The van der Waals surface area contributed by atoms with E-state index in [-0.39, 0.29) is 5.82 Å². The Labute approximate surface area is 107 Å². The van der Waals surface area contributed by atoms with Gasteiger partial charge in [-0.2, -0.15) is 0 Å². The highest BCUT2D eigenvalue weighted by molar-refractivity contribution is 9.10. The summed E-state index contributed by atoms with van der Waals surface area (Å²) in [5.41, 5.74) is 4.92. The van der Waals surface area contributed by atoms with Crippen LogP contribution in [0, 0.1) is 5.82 Å². The fourth-order valence-electron chi connectivity index (χ4n) is 1.78. The molecule has 0 aliphatic carbocycles. The Kier molecular flexibility index (Phi) is 3.59. The lowest BCUT2D eigenvalue weighted by molar-refractivity contribution is 0.622. The van der Waals surface area contributed by atoms with Gasteiger partial charge in [-0.25, -0.2) is 4.39 Å². The van der Waals surface area contributed by atoms with E-state index in [1.807, 2.05) is 6.07 Å². The zero-order chi connectivity index (χ0) is 12.4. The van der Waals surface area contributed by atoms with E-state index in [1.165, 1.54) is 6.07 Å². The standard InChI is InChI=1S/C12H13BrFN3/c1-2-3-7-4-12(17-15)8-5-9(13)10(14)6-11(8)16-7/h4-6H,2-3,15H2,1H3,(H,16,17). The first-order valence-corrected chi connectivity index (χ1v) is 6.20. The lowest BCUT2D eigenvalue weighted by Crippen LogP contribution is -2.08. The SMILES string of the molecule is CCCc1cc(NN)c2cc(Br)c(F)cc2n1. The van der Waals surface area contributed by atoms with Crippen LogP contribution in [0.3, 0.4) is 0 Å². The Hall–Kier alpha value is -1.20. The monoisotopic (exact) mass is 297 g/mol. The number of fused-ring (bicyclic) bond motifs is 1. The highest BCUT2D eigenvalue weighted by Gasteiger charge is 2.08. The number of hydrogen-bond acceptors (Lipinski definition) is 3. The van der Waals surface area contributed by atoms with E-state index in [1.54, 1.807) is 6.07 Å². The van der Waals surface area contributed by atoms with Gasteiger partial charge in [0.05, 0.1) is 15.7 Å². The highest BCUT2D eigenvalue weighted by atomic mass is 79.9. The number of aryl methyl sites for hydroxylation is 1.